The molecule has 0 aliphatic heterocycles. The van der Waals surface area contributed by atoms with Crippen molar-refractivity contribution in [3.8, 4) is 0 Å². The van der Waals surface area contributed by atoms with Gasteiger partial charge < -0.3 is 14.2 Å². The van der Waals surface area contributed by atoms with Gasteiger partial charge in [-0.2, -0.15) is 0 Å². The van der Waals surface area contributed by atoms with Crippen molar-refractivity contribution in [2.45, 2.75) is 92.3 Å². The van der Waals surface area contributed by atoms with E-state index in [9.17, 15) is 24.0 Å². The number of rotatable bonds is 10. The lowest BCUT2D eigenvalue weighted by atomic mass is 9.43. The lowest BCUT2D eigenvalue weighted by molar-refractivity contribution is -0.173. The summed E-state index contributed by atoms with van der Waals surface area (Å²) in [5.74, 6) is -2.06. The number of fused-ring (bicyclic) bond motifs is 2. The maximum absolute atomic E-state index is 14.3. The van der Waals surface area contributed by atoms with Crippen molar-refractivity contribution in [1.82, 2.24) is 4.90 Å². The van der Waals surface area contributed by atoms with Gasteiger partial charge in [0.05, 0.1) is 13.2 Å². The van der Waals surface area contributed by atoms with Crippen LogP contribution in [0.25, 0.3) is 0 Å². The molecule has 9 heteroatoms. The van der Waals surface area contributed by atoms with Crippen molar-refractivity contribution in [2.24, 2.45) is 51.2 Å². The van der Waals surface area contributed by atoms with Crippen LogP contribution in [0.4, 0.5) is 0 Å². The van der Waals surface area contributed by atoms with E-state index in [1.54, 1.807) is 25.9 Å². The number of Topliss-reactive ketones (excluding diaryl/α,β-unsaturated/α-hetero) is 1. The standard InChI is InChI=1S/C36H51NO8/c1-20(18-43-29(41)17-37(8)9)21(2)31(42)32(45-24(5)39)30-27(44-23(4)38)16-34(7)28-11-10-25-22(3)26(40)12-13-35(25)19-36(28,35)15-14-33(30,34)6/h12-13,20,22,25,27-28,30,32H,2,10-11,14-19H2,1,3-9H3/t20-,22-,25-,27-,28-,30?,32+,33+,34-,35+,36-/m0/s1. The van der Waals surface area contributed by atoms with Crippen LogP contribution in [0.1, 0.15) is 80.1 Å². The van der Waals surface area contributed by atoms with Gasteiger partial charge in [-0.25, -0.2) is 0 Å². The minimum atomic E-state index is -1.20. The summed E-state index contributed by atoms with van der Waals surface area (Å²) in [7, 11) is 3.53. The van der Waals surface area contributed by atoms with E-state index in [1.165, 1.54) is 13.8 Å². The summed E-state index contributed by atoms with van der Waals surface area (Å²) in [4.78, 5) is 65.9. The van der Waals surface area contributed by atoms with Crippen molar-refractivity contribution < 1.29 is 38.2 Å². The van der Waals surface area contributed by atoms with Crippen LogP contribution in [0.5, 0.6) is 0 Å². The summed E-state index contributed by atoms with van der Waals surface area (Å²) in [6.45, 7) is 15.1. The molecule has 2 spiro atoms. The zero-order valence-electron chi connectivity index (χ0n) is 28.3. The number of likely N-dealkylation sites (N-methyl/N-ethyl adjacent to an activating group) is 1. The number of nitrogens with zero attached hydrogens (tertiary/aromatic N) is 1. The second-order valence-corrected chi connectivity index (χ2v) is 15.6. The van der Waals surface area contributed by atoms with Gasteiger partial charge in [0.15, 0.2) is 17.7 Å². The van der Waals surface area contributed by atoms with E-state index in [2.05, 4.69) is 33.4 Å². The minimum absolute atomic E-state index is 0.0153. The van der Waals surface area contributed by atoms with Gasteiger partial charge in [0.1, 0.15) is 6.10 Å². The van der Waals surface area contributed by atoms with Crippen LogP contribution >= 0.6 is 0 Å². The highest BCUT2D eigenvalue weighted by Crippen LogP contribution is 2.87. The first kappa shape index (κ1) is 33.6. The Bertz CT molecular complexity index is 1340. The van der Waals surface area contributed by atoms with Crippen LogP contribution in [0.15, 0.2) is 24.3 Å². The highest BCUT2D eigenvalue weighted by atomic mass is 16.6. The normalized spacial score (nSPS) is 40.6. The molecule has 5 rings (SSSR count). The highest BCUT2D eigenvalue weighted by Gasteiger charge is 2.82. The third-order valence-electron chi connectivity index (χ3n) is 13.1. The molecule has 1 unspecified atom stereocenters. The Kier molecular flexibility index (Phi) is 8.55. The quantitative estimate of drug-likeness (QED) is 0.193. The Balaban J connectivity index is 1.47. The van der Waals surface area contributed by atoms with Gasteiger partial charge in [-0.3, -0.25) is 28.9 Å². The van der Waals surface area contributed by atoms with E-state index in [0.29, 0.717) is 18.3 Å². The number of carbonyl (C=O) groups is 5. The number of ketones is 2. The molecule has 0 aromatic carbocycles. The number of hydrogen-bond acceptors (Lipinski definition) is 9. The fourth-order valence-corrected chi connectivity index (χ4v) is 10.8. The molecule has 5 aliphatic rings. The molecule has 0 bridgehead atoms. The average molecular weight is 626 g/mol. The van der Waals surface area contributed by atoms with Crippen molar-refractivity contribution in [1.29, 1.82) is 0 Å². The van der Waals surface area contributed by atoms with Crippen molar-refractivity contribution in [3.05, 3.63) is 24.3 Å². The summed E-state index contributed by atoms with van der Waals surface area (Å²) >= 11 is 0. The third-order valence-corrected chi connectivity index (χ3v) is 13.1. The number of allylic oxidation sites excluding steroid dienone is 2. The van der Waals surface area contributed by atoms with E-state index in [-0.39, 0.29) is 46.7 Å². The van der Waals surface area contributed by atoms with Crippen molar-refractivity contribution >= 4 is 29.5 Å². The molecule has 0 aromatic heterocycles. The molecular weight excluding hydrogens is 574 g/mol. The van der Waals surface area contributed by atoms with E-state index in [1.807, 2.05) is 6.08 Å². The predicted octanol–water partition coefficient (Wildman–Crippen LogP) is 4.72. The topological polar surface area (TPSA) is 116 Å². The molecule has 0 radical (unpaired) electrons. The maximum atomic E-state index is 14.3. The number of hydrogen-bond donors (Lipinski definition) is 0. The zero-order chi connectivity index (χ0) is 33.3. The lowest BCUT2D eigenvalue weighted by Crippen LogP contribution is -2.57. The summed E-state index contributed by atoms with van der Waals surface area (Å²) < 4.78 is 17.3. The van der Waals surface area contributed by atoms with E-state index in [0.717, 1.165) is 32.1 Å². The zero-order valence-corrected chi connectivity index (χ0v) is 28.3. The molecule has 45 heavy (non-hydrogen) atoms. The Morgan fingerprint density at radius 3 is 2.38 bits per heavy atom. The van der Waals surface area contributed by atoms with Crippen LogP contribution in [0.3, 0.4) is 0 Å². The Morgan fingerprint density at radius 2 is 1.76 bits per heavy atom. The first-order valence-corrected chi connectivity index (χ1v) is 16.5. The molecule has 9 nitrogen and oxygen atoms in total. The van der Waals surface area contributed by atoms with E-state index < -0.39 is 53.1 Å². The van der Waals surface area contributed by atoms with Crippen molar-refractivity contribution in [2.75, 3.05) is 27.2 Å². The second-order valence-electron chi connectivity index (χ2n) is 15.6. The Labute approximate surface area is 267 Å². The Morgan fingerprint density at radius 1 is 1.07 bits per heavy atom. The van der Waals surface area contributed by atoms with Crippen LogP contribution in [0, 0.1) is 51.2 Å². The molecule has 0 aromatic rings. The summed E-state index contributed by atoms with van der Waals surface area (Å²) in [5, 5.41) is 0. The molecule has 0 N–H and O–H groups in total. The Hall–Kier alpha value is -2.81. The lowest BCUT2D eigenvalue weighted by Gasteiger charge is -2.60. The molecule has 11 atom stereocenters. The first-order chi connectivity index (χ1) is 20.9. The summed E-state index contributed by atoms with van der Waals surface area (Å²) in [6, 6.07) is 0. The molecule has 4 fully saturated rings. The molecule has 5 aliphatic carbocycles. The van der Waals surface area contributed by atoms with Gasteiger partial charge >= 0.3 is 17.9 Å². The summed E-state index contributed by atoms with van der Waals surface area (Å²) in [6.07, 6.45) is 7.48. The van der Waals surface area contributed by atoms with Gasteiger partial charge in [0.2, 0.25) is 0 Å². The largest absolute Gasteiger partial charge is 0.464 e. The SMILES string of the molecule is C=C(C(=O)[C@H](OC(C)=O)C1[C@@H](OC(C)=O)C[C@@]2(C)[C@@H]3CC[C@H]4[C@H](C)C(=O)C=C[C@@]45C[C@@]35CC[C@]12C)[C@@H](C)COC(=O)CN(C)C. The van der Waals surface area contributed by atoms with Crippen molar-refractivity contribution in [3.63, 3.8) is 0 Å². The van der Waals surface area contributed by atoms with Crippen LogP contribution in [-0.4, -0.2) is 73.8 Å². The molecule has 0 amide bonds. The van der Waals surface area contributed by atoms with Gasteiger partial charge in [0, 0.05) is 31.6 Å². The van der Waals surface area contributed by atoms with Gasteiger partial charge in [-0.1, -0.05) is 40.3 Å². The van der Waals surface area contributed by atoms with Crippen LogP contribution < -0.4 is 0 Å². The highest BCUT2D eigenvalue weighted by molar-refractivity contribution is 6.00. The number of esters is 3. The predicted molar refractivity (Wildman–Crippen MR) is 166 cm³/mol. The molecular formula is C36H51NO8. The second kappa shape index (κ2) is 11.5. The van der Waals surface area contributed by atoms with E-state index in [4.69, 9.17) is 14.2 Å². The van der Waals surface area contributed by atoms with E-state index >= 15 is 0 Å². The average Bonchev–Trinajstić information content (AvgIpc) is 3.56. The number of ether oxygens (including phenoxy) is 3. The first-order valence-electron chi connectivity index (χ1n) is 16.5. The van der Waals surface area contributed by atoms with Gasteiger partial charge in [-0.05, 0) is 97.8 Å². The fraction of sp³-hybridized carbons (Fsp3) is 0.750. The maximum Gasteiger partial charge on any atom is 0.320 e. The third kappa shape index (κ3) is 5.12. The van der Waals surface area contributed by atoms with Gasteiger partial charge in [0.25, 0.3) is 0 Å². The van der Waals surface area contributed by atoms with Crippen LogP contribution in [0.2, 0.25) is 0 Å². The fourth-order valence-electron chi connectivity index (χ4n) is 10.8. The van der Waals surface area contributed by atoms with Gasteiger partial charge in [-0.15, -0.1) is 0 Å². The molecule has 0 heterocycles. The number of carbonyl (C=O) groups excluding carboxylic acids is 5. The molecule has 4 saturated carbocycles. The minimum Gasteiger partial charge on any atom is -0.464 e. The monoisotopic (exact) mass is 625 g/mol. The smallest absolute Gasteiger partial charge is 0.320 e. The molecule has 0 saturated heterocycles. The van der Waals surface area contributed by atoms with Crippen LogP contribution in [-0.2, 0) is 38.2 Å². The summed E-state index contributed by atoms with van der Waals surface area (Å²) in [5.41, 5.74) is -0.507. The molecule has 248 valence electrons.